The van der Waals surface area contributed by atoms with Crippen LogP contribution >= 0.6 is 0 Å². The van der Waals surface area contributed by atoms with Crippen LogP contribution in [0.2, 0.25) is 0 Å². The lowest BCUT2D eigenvalue weighted by atomic mass is 9.77. The lowest BCUT2D eigenvalue weighted by molar-refractivity contribution is 0.473. The molecule has 0 spiro atoms. The van der Waals surface area contributed by atoms with Gasteiger partial charge in [0.1, 0.15) is 0 Å². The Hall–Kier alpha value is -2.60. The highest BCUT2D eigenvalue weighted by Gasteiger charge is 2.22. The predicted octanol–water partition coefficient (Wildman–Crippen LogP) is 6.84. The number of hydrogen-bond donors (Lipinski definition) is 0. The lowest BCUT2D eigenvalue weighted by Crippen LogP contribution is -2.15. The van der Waals surface area contributed by atoms with Crippen molar-refractivity contribution in [2.75, 3.05) is 0 Å². The molecule has 2 aliphatic carbocycles. The van der Waals surface area contributed by atoms with E-state index in [9.17, 15) is 0 Å². The Morgan fingerprint density at radius 3 is 2.16 bits per heavy atom. The molecule has 2 aliphatic rings. The second-order valence-electron chi connectivity index (χ2n) is 7.16. The first-order valence-electron chi connectivity index (χ1n) is 9.17. The highest BCUT2D eigenvalue weighted by molar-refractivity contribution is 5.74. The summed E-state index contributed by atoms with van der Waals surface area (Å²) in [5, 5.41) is 0. The fourth-order valence-electron chi connectivity index (χ4n) is 3.91. The van der Waals surface area contributed by atoms with Crippen molar-refractivity contribution in [3.8, 4) is 11.1 Å². The Kier molecular flexibility index (Phi) is 4.52. The summed E-state index contributed by atoms with van der Waals surface area (Å²) in [6, 6.07) is 19.6. The zero-order valence-electron chi connectivity index (χ0n) is 14.7. The molecular weight excluding hydrogens is 300 g/mol. The van der Waals surface area contributed by atoms with Crippen molar-refractivity contribution >= 4 is 5.57 Å². The number of benzene rings is 2. The van der Waals surface area contributed by atoms with Crippen LogP contribution in [-0.2, 0) is 0 Å². The van der Waals surface area contributed by atoms with Gasteiger partial charge in [-0.1, -0.05) is 90.6 Å². The van der Waals surface area contributed by atoms with Crippen LogP contribution in [0.1, 0.15) is 25.3 Å². The van der Waals surface area contributed by atoms with Crippen molar-refractivity contribution in [2.24, 2.45) is 11.8 Å². The Balaban J connectivity index is 1.56. The molecule has 0 radical (unpaired) electrons. The molecular formula is C25H24. The van der Waals surface area contributed by atoms with Gasteiger partial charge in [0.2, 0.25) is 0 Å². The minimum absolute atomic E-state index is 0.597. The van der Waals surface area contributed by atoms with E-state index in [0.717, 1.165) is 6.42 Å². The highest BCUT2D eigenvalue weighted by atomic mass is 14.3. The van der Waals surface area contributed by atoms with Gasteiger partial charge >= 0.3 is 0 Å². The van der Waals surface area contributed by atoms with Gasteiger partial charge in [-0.05, 0) is 59.9 Å². The molecule has 0 N–H and O–H groups in total. The van der Waals surface area contributed by atoms with E-state index < -0.39 is 0 Å². The number of allylic oxidation sites excluding steroid dienone is 8. The molecule has 0 fully saturated rings. The van der Waals surface area contributed by atoms with E-state index in [-0.39, 0.29) is 0 Å². The van der Waals surface area contributed by atoms with Gasteiger partial charge in [-0.3, -0.25) is 0 Å². The maximum atomic E-state index is 2.39. The molecule has 2 aromatic rings. The van der Waals surface area contributed by atoms with Crippen molar-refractivity contribution in [1.82, 2.24) is 0 Å². The fourth-order valence-corrected chi connectivity index (χ4v) is 3.91. The van der Waals surface area contributed by atoms with E-state index in [1.165, 1.54) is 34.3 Å². The number of hydrogen-bond acceptors (Lipinski definition) is 0. The number of rotatable bonds is 3. The van der Waals surface area contributed by atoms with Crippen LogP contribution in [0.4, 0.5) is 0 Å². The van der Waals surface area contributed by atoms with E-state index in [1.54, 1.807) is 0 Å². The second-order valence-corrected chi connectivity index (χ2v) is 7.16. The van der Waals surface area contributed by atoms with Crippen LogP contribution in [0.5, 0.6) is 0 Å². The summed E-state index contributed by atoms with van der Waals surface area (Å²) >= 11 is 0. The van der Waals surface area contributed by atoms with E-state index in [2.05, 4.69) is 98.0 Å². The monoisotopic (exact) mass is 324 g/mol. The van der Waals surface area contributed by atoms with Gasteiger partial charge in [-0.25, -0.2) is 0 Å². The molecule has 2 atom stereocenters. The summed E-state index contributed by atoms with van der Waals surface area (Å²) in [7, 11) is 0. The van der Waals surface area contributed by atoms with E-state index >= 15 is 0 Å². The molecule has 0 heterocycles. The summed E-state index contributed by atoms with van der Waals surface area (Å²) in [6.07, 6.45) is 16.1. The van der Waals surface area contributed by atoms with Gasteiger partial charge in [-0.2, -0.15) is 0 Å². The van der Waals surface area contributed by atoms with Crippen LogP contribution in [0.25, 0.3) is 16.7 Å². The van der Waals surface area contributed by atoms with Gasteiger partial charge < -0.3 is 0 Å². The van der Waals surface area contributed by atoms with Crippen molar-refractivity contribution < 1.29 is 0 Å². The Labute approximate surface area is 150 Å². The third kappa shape index (κ3) is 3.58. The zero-order chi connectivity index (χ0) is 17.1. The van der Waals surface area contributed by atoms with Crippen molar-refractivity contribution in [2.45, 2.75) is 19.8 Å². The summed E-state index contributed by atoms with van der Waals surface area (Å²) in [5.74, 6) is 1.22. The summed E-state index contributed by atoms with van der Waals surface area (Å²) in [4.78, 5) is 0. The molecule has 2 aromatic carbocycles. The quantitative estimate of drug-likeness (QED) is 0.580. The smallest absolute Gasteiger partial charge is 0.0124 e. The molecule has 0 amide bonds. The fraction of sp³-hybridized carbons (Fsp3) is 0.200. The third-order valence-electron chi connectivity index (χ3n) is 5.30. The summed E-state index contributed by atoms with van der Waals surface area (Å²) < 4.78 is 0. The van der Waals surface area contributed by atoms with Crippen LogP contribution in [0.3, 0.4) is 0 Å². The van der Waals surface area contributed by atoms with Crippen molar-refractivity contribution in [1.29, 1.82) is 0 Å². The third-order valence-corrected chi connectivity index (χ3v) is 5.30. The predicted molar refractivity (Wildman–Crippen MR) is 108 cm³/mol. The minimum Gasteiger partial charge on any atom is -0.0805 e. The van der Waals surface area contributed by atoms with Gasteiger partial charge in [0, 0.05) is 0 Å². The maximum absolute atomic E-state index is 2.39. The van der Waals surface area contributed by atoms with Crippen LogP contribution in [0, 0.1) is 11.8 Å². The molecule has 0 heteroatoms. The van der Waals surface area contributed by atoms with Gasteiger partial charge in [0.25, 0.3) is 0 Å². The first-order chi connectivity index (χ1) is 12.3. The first-order valence-corrected chi connectivity index (χ1v) is 9.17. The largest absolute Gasteiger partial charge is 0.0805 e. The van der Waals surface area contributed by atoms with Crippen LogP contribution in [0.15, 0.2) is 96.6 Å². The molecule has 0 aromatic heterocycles. The molecule has 0 saturated carbocycles. The minimum atomic E-state index is 0.597. The topological polar surface area (TPSA) is 0 Å². The first kappa shape index (κ1) is 15.9. The second kappa shape index (κ2) is 7.11. The van der Waals surface area contributed by atoms with E-state index in [0.29, 0.717) is 11.8 Å². The van der Waals surface area contributed by atoms with Crippen LogP contribution < -0.4 is 0 Å². The molecule has 0 nitrogen and oxygen atoms in total. The SMILES string of the molecule is CC1=CC=CC(C2C=CC=C(c3cccc(-c4ccccc4)c3)C2)C1. The average Bonchev–Trinajstić information content (AvgIpc) is 2.69. The summed E-state index contributed by atoms with van der Waals surface area (Å²) in [5.41, 5.74) is 6.86. The van der Waals surface area contributed by atoms with Gasteiger partial charge in [0.15, 0.2) is 0 Å². The molecule has 0 aliphatic heterocycles. The Morgan fingerprint density at radius 1 is 0.680 bits per heavy atom. The summed E-state index contributed by atoms with van der Waals surface area (Å²) in [6.45, 7) is 2.24. The van der Waals surface area contributed by atoms with Gasteiger partial charge in [-0.15, -0.1) is 0 Å². The average molecular weight is 324 g/mol. The van der Waals surface area contributed by atoms with E-state index in [1.807, 2.05) is 0 Å². The molecule has 0 bridgehead atoms. The molecule has 0 saturated heterocycles. The molecule has 2 unspecified atom stereocenters. The molecule has 4 rings (SSSR count). The van der Waals surface area contributed by atoms with Crippen molar-refractivity contribution in [3.63, 3.8) is 0 Å². The Bertz CT molecular complexity index is 862. The van der Waals surface area contributed by atoms with Gasteiger partial charge in [0.05, 0.1) is 0 Å². The van der Waals surface area contributed by atoms with E-state index in [4.69, 9.17) is 0 Å². The lowest BCUT2D eigenvalue weighted by Gasteiger charge is -2.27. The standard InChI is InChI=1S/C25H24/c1-19-8-5-11-21(16-19)23-13-7-15-25(18-23)24-14-6-12-22(17-24)20-9-3-2-4-10-20/h2-15,17,21,23H,16,18H2,1H3. The highest BCUT2D eigenvalue weighted by Crippen LogP contribution is 2.36. The molecule has 25 heavy (non-hydrogen) atoms. The normalized spacial score (nSPS) is 22.4. The zero-order valence-corrected chi connectivity index (χ0v) is 14.7. The van der Waals surface area contributed by atoms with Crippen LogP contribution in [-0.4, -0.2) is 0 Å². The Morgan fingerprint density at radius 2 is 1.36 bits per heavy atom. The molecule has 124 valence electrons. The maximum Gasteiger partial charge on any atom is -0.0124 e. The van der Waals surface area contributed by atoms with Crippen molar-refractivity contribution in [3.05, 3.63) is 102 Å².